The minimum absolute atomic E-state index is 0.0670. The van der Waals surface area contributed by atoms with Gasteiger partial charge in [0.25, 0.3) is 0 Å². The first-order chi connectivity index (χ1) is 13.9. The van der Waals surface area contributed by atoms with Crippen LogP contribution in [0.2, 0.25) is 0 Å². The van der Waals surface area contributed by atoms with E-state index < -0.39 is 10.0 Å². The predicted octanol–water partition coefficient (Wildman–Crippen LogP) is 2.68. The maximum Gasteiger partial charge on any atom is 0.240 e. The van der Waals surface area contributed by atoms with Gasteiger partial charge >= 0.3 is 0 Å². The van der Waals surface area contributed by atoms with Crippen LogP contribution in [0.5, 0.6) is 5.75 Å². The number of rotatable bonds is 7. The second-order valence-electron chi connectivity index (χ2n) is 7.13. The fourth-order valence-corrected chi connectivity index (χ4v) is 4.73. The minimum Gasteiger partial charge on any atom is -0.495 e. The summed E-state index contributed by atoms with van der Waals surface area (Å²) in [6, 6.07) is 14.3. The van der Waals surface area contributed by atoms with Gasteiger partial charge < -0.3 is 14.8 Å². The van der Waals surface area contributed by atoms with E-state index in [1.54, 1.807) is 0 Å². The number of hydrogen-bond acceptors (Lipinski definition) is 5. The van der Waals surface area contributed by atoms with Gasteiger partial charge in [-0.05, 0) is 36.6 Å². The highest BCUT2D eigenvalue weighted by molar-refractivity contribution is 7.89. The number of anilines is 1. The van der Waals surface area contributed by atoms with E-state index in [9.17, 15) is 13.2 Å². The molecule has 0 atom stereocenters. The Morgan fingerprint density at radius 3 is 2.45 bits per heavy atom. The molecule has 1 saturated heterocycles. The zero-order chi connectivity index (χ0) is 20.9. The predicted molar refractivity (Wildman–Crippen MR) is 111 cm³/mol. The van der Waals surface area contributed by atoms with Crippen LogP contribution in [0, 0.1) is 0 Å². The maximum atomic E-state index is 13.0. The van der Waals surface area contributed by atoms with E-state index in [2.05, 4.69) is 10.0 Å². The Kier molecular flexibility index (Phi) is 6.56. The fraction of sp³-hybridized carbons (Fsp3) is 0.381. The third-order valence-corrected chi connectivity index (χ3v) is 6.63. The number of carbonyl (C=O) groups is 1. The van der Waals surface area contributed by atoms with Gasteiger partial charge in [0.05, 0.1) is 17.7 Å². The van der Waals surface area contributed by atoms with Crippen LogP contribution in [-0.4, -0.2) is 41.2 Å². The largest absolute Gasteiger partial charge is 0.495 e. The van der Waals surface area contributed by atoms with Crippen molar-refractivity contribution < 1.29 is 22.7 Å². The van der Waals surface area contributed by atoms with Gasteiger partial charge in [-0.25, -0.2) is 13.1 Å². The summed E-state index contributed by atoms with van der Waals surface area (Å²) in [6.45, 7) is 2.80. The number of nitrogens with one attached hydrogen (secondary N) is 2. The zero-order valence-electron chi connectivity index (χ0n) is 16.6. The first-order valence-electron chi connectivity index (χ1n) is 9.45. The summed E-state index contributed by atoms with van der Waals surface area (Å²) in [5, 5.41) is 2.60. The van der Waals surface area contributed by atoms with Crippen LogP contribution < -0.4 is 14.8 Å². The topological polar surface area (TPSA) is 93.7 Å². The minimum atomic E-state index is -3.79. The Morgan fingerprint density at radius 2 is 1.83 bits per heavy atom. The van der Waals surface area contributed by atoms with Crippen LogP contribution in [0.4, 0.5) is 5.69 Å². The third kappa shape index (κ3) is 4.95. The monoisotopic (exact) mass is 418 g/mol. The van der Waals surface area contributed by atoms with Gasteiger partial charge in [0.1, 0.15) is 5.75 Å². The van der Waals surface area contributed by atoms with Gasteiger partial charge in [-0.2, -0.15) is 0 Å². The van der Waals surface area contributed by atoms with Gasteiger partial charge in [0, 0.05) is 32.1 Å². The molecule has 156 valence electrons. The highest BCUT2D eigenvalue weighted by Crippen LogP contribution is 2.35. The lowest BCUT2D eigenvalue weighted by Crippen LogP contribution is -2.44. The molecular weight excluding hydrogens is 392 g/mol. The molecule has 1 heterocycles. The van der Waals surface area contributed by atoms with Crippen molar-refractivity contribution in [3.8, 4) is 5.75 Å². The molecule has 1 aliphatic heterocycles. The van der Waals surface area contributed by atoms with Crippen molar-refractivity contribution in [1.82, 2.24) is 4.72 Å². The molecule has 1 amide bonds. The molecule has 0 aliphatic carbocycles. The Bertz CT molecular complexity index is 954. The number of hydrogen-bond donors (Lipinski definition) is 2. The van der Waals surface area contributed by atoms with Crippen molar-refractivity contribution in [1.29, 1.82) is 0 Å². The Morgan fingerprint density at radius 1 is 1.14 bits per heavy atom. The van der Waals surface area contributed by atoms with Gasteiger partial charge in [0.2, 0.25) is 15.9 Å². The molecule has 0 saturated carbocycles. The van der Waals surface area contributed by atoms with Crippen LogP contribution in [0.15, 0.2) is 53.4 Å². The Hall–Kier alpha value is -2.42. The first-order valence-corrected chi connectivity index (χ1v) is 10.9. The van der Waals surface area contributed by atoms with E-state index in [1.807, 2.05) is 30.3 Å². The van der Waals surface area contributed by atoms with Crippen molar-refractivity contribution in [3.05, 3.63) is 54.1 Å². The highest BCUT2D eigenvalue weighted by atomic mass is 32.2. The highest BCUT2D eigenvalue weighted by Gasteiger charge is 2.35. The van der Waals surface area contributed by atoms with E-state index >= 15 is 0 Å². The Labute approximate surface area is 171 Å². The van der Waals surface area contributed by atoms with Crippen LogP contribution in [0.25, 0.3) is 0 Å². The van der Waals surface area contributed by atoms with E-state index in [-0.39, 0.29) is 22.8 Å². The molecule has 29 heavy (non-hydrogen) atoms. The number of methoxy groups -OCH3 is 1. The number of amides is 1. The maximum absolute atomic E-state index is 13.0. The zero-order valence-corrected chi connectivity index (χ0v) is 17.4. The average Bonchev–Trinajstić information content (AvgIpc) is 2.73. The van der Waals surface area contributed by atoms with E-state index in [0.717, 1.165) is 18.4 Å². The number of benzene rings is 2. The molecule has 0 unspecified atom stereocenters. The molecule has 3 rings (SSSR count). The molecule has 0 spiro atoms. The summed E-state index contributed by atoms with van der Waals surface area (Å²) < 4.78 is 39.5. The van der Waals surface area contributed by atoms with E-state index in [1.165, 1.54) is 32.2 Å². The standard InChI is InChI=1S/C21H26N2O5S/c1-16(24)23-19-14-18(8-9-20(19)27-2)29(25,26)22-15-21(10-12-28-13-11-21)17-6-4-3-5-7-17/h3-9,14,22H,10-13,15H2,1-2H3,(H,23,24). The molecule has 2 aromatic carbocycles. The lowest BCUT2D eigenvalue weighted by Gasteiger charge is -2.37. The molecule has 1 aliphatic rings. The average molecular weight is 419 g/mol. The third-order valence-electron chi connectivity index (χ3n) is 5.23. The summed E-state index contributed by atoms with van der Waals surface area (Å²) >= 11 is 0. The summed E-state index contributed by atoms with van der Waals surface area (Å²) in [5.41, 5.74) is 1.09. The molecule has 2 aromatic rings. The van der Waals surface area contributed by atoms with Crippen LogP contribution >= 0.6 is 0 Å². The van der Waals surface area contributed by atoms with Crippen molar-refractivity contribution in [2.24, 2.45) is 0 Å². The number of carbonyl (C=O) groups excluding carboxylic acids is 1. The summed E-state index contributed by atoms with van der Waals surface area (Å²) in [4.78, 5) is 11.5. The normalized spacial score (nSPS) is 16.2. The summed E-state index contributed by atoms with van der Waals surface area (Å²) in [7, 11) is -2.33. The second-order valence-corrected chi connectivity index (χ2v) is 8.89. The first kappa shape index (κ1) is 21.3. The lowest BCUT2D eigenvalue weighted by molar-refractivity contribution is -0.114. The fourth-order valence-electron chi connectivity index (χ4n) is 3.58. The molecule has 0 aromatic heterocycles. The number of ether oxygens (including phenoxy) is 2. The number of sulfonamides is 1. The molecular formula is C21H26N2O5S. The van der Waals surface area contributed by atoms with Crippen molar-refractivity contribution in [2.75, 3.05) is 32.2 Å². The van der Waals surface area contributed by atoms with E-state index in [4.69, 9.17) is 9.47 Å². The SMILES string of the molecule is COc1ccc(S(=O)(=O)NCC2(c3ccccc3)CCOCC2)cc1NC(C)=O. The smallest absolute Gasteiger partial charge is 0.240 e. The molecule has 8 heteroatoms. The second kappa shape index (κ2) is 8.94. The quantitative estimate of drug-likeness (QED) is 0.721. The van der Waals surface area contributed by atoms with Crippen molar-refractivity contribution in [3.63, 3.8) is 0 Å². The van der Waals surface area contributed by atoms with Crippen molar-refractivity contribution in [2.45, 2.75) is 30.1 Å². The van der Waals surface area contributed by atoms with Gasteiger partial charge in [-0.3, -0.25) is 4.79 Å². The molecule has 0 bridgehead atoms. The molecule has 2 N–H and O–H groups in total. The van der Waals surface area contributed by atoms with Crippen LogP contribution in [-0.2, 0) is 25.0 Å². The van der Waals surface area contributed by atoms with E-state index in [0.29, 0.717) is 24.7 Å². The lowest BCUT2D eigenvalue weighted by atomic mass is 9.74. The molecule has 0 radical (unpaired) electrons. The molecule has 1 fully saturated rings. The Balaban J connectivity index is 1.85. The van der Waals surface area contributed by atoms with Crippen molar-refractivity contribution >= 4 is 21.6 Å². The van der Waals surface area contributed by atoms with Crippen LogP contribution in [0.1, 0.15) is 25.3 Å². The van der Waals surface area contributed by atoms with Gasteiger partial charge in [-0.15, -0.1) is 0 Å². The molecule has 7 nitrogen and oxygen atoms in total. The van der Waals surface area contributed by atoms with Gasteiger partial charge in [0.15, 0.2) is 0 Å². The van der Waals surface area contributed by atoms with Gasteiger partial charge in [-0.1, -0.05) is 30.3 Å². The summed E-state index contributed by atoms with van der Waals surface area (Å²) in [5.74, 6) is 0.0837. The van der Waals surface area contributed by atoms with Crippen LogP contribution in [0.3, 0.4) is 0 Å². The summed E-state index contributed by atoms with van der Waals surface area (Å²) in [6.07, 6.45) is 1.47.